The molecule has 0 aliphatic carbocycles. The van der Waals surface area contributed by atoms with Crippen LogP contribution in [0.2, 0.25) is 0 Å². The van der Waals surface area contributed by atoms with Crippen LogP contribution in [0.1, 0.15) is 17.7 Å². The van der Waals surface area contributed by atoms with Crippen molar-refractivity contribution in [2.45, 2.75) is 19.4 Å². The van der Waals surface area contributed by atoms with Crippen molar-refractivity contribution in [2.24, 2.45) is 0 Å². The van der Waals surface area contributed by atoms with Gasteiger partial charge in [0.05, 0.1) is 0 Å². The largest absolute Gasteiger partial charge is 0.326 e. The van der Waals surface area contributed by atoms with E-state index < -0.39 is 0 Å². The lowest BCUT2D eigenvalue weighted by Gasteiger charge is -2.06. The molecule has 112 valence electrons. The molecule has 5 heteroatoms. The van der Waals surface area contributed by atoms with Crippen LogP contribution < -0.4 is 10.6 Å². The quantitative estimate of drug-likeness (QED) is 0.863. The van der Waals surface area contributed by atoms with Crippen LogP contribution >= 0.6 is 12.4 Å². The van der Waals surface area contributed by atoms with E-state index in [0.29, 0.717) is 12.8 Å². The lowest BCUT2D eigenvalue weighted by molar-refractivity contribution is -0.116. The fourth-order valence-corrected chi connectivity index (χ4v) is 1.92. The van der Waals surface area contributed by atoms with E-state index in [2.05, 4.69) is 15.6 Å². The Hall–Kier alpha value is -1.91. The predicted molar refractivity (Wildman–Crippen MR) is 87.6 cm³/mol. The molecule has 4 nitrogen and oxygen atoms in total. The molecule has 0 unspecified atom stereocenters. The van der Waals surface area contributed by atoms with Crippen LogP contribution in [0.3, 0.4) is 0 Å². The van der Waals surface area contributed by atoms with Crippen molar-refractivity contribution in [1.82, 2.24) is 10.3 Å². The molecule has 1 amide bonds. The van der Waals surface area contributed by atoms with Crippen molar-refractivity contribution in [3.63, 3.8) is 0 Å². The van der Waals surface area contributed by atoms with Crippen LogP contribution in [0.5, 0.6) is 0 Å². The Labute approximate surface area is 131 Å². The van der Waals surface area contributed by atoms with E-state index >= 15 is 0 Å². The first kappa shape index (κ1) is 17.1. The minimum absolute atomic E-state index is 0. The summed E-state index contributed by atoms with van der Waals surface area (Å²) < 4.78 is 0. The highest BCUT2D eigenvalue weighted by Crippen LogP contribution is 2.10. The molecule has 1 aromatic heterocycles. The van der Waals surface area contributed by atoms with Crippen LogP contribution in [0.4, 0.5) is 5.69 Å². The van der Waals surface area contributed by atoms with Gasteiger partial charge >= 0.3 is 0 Å². The number of carbonyl (C=O) groups is 1. The van der Waals surface area contributed by atoms with Gasteiger partial charge in [0.1, 0.15) is 0 Å². The zero-order valence-electron chi connectivity index (χ0n) is 12.0. The number of hydrogen-bond acceptors (Lipinski definition) is 3. The van der Waals surface area contributed by atoms with Gasteiger partial charge in [-0.25, -0.2) is 0 Å². The monoisotopic (exact) mass is 305 g/mol. The molecule has 2 rings (SSSR count). The summed E-state index contributed by atoms with van der Waals surface area (Å²) in [5.74, 6) is 0.0111. The molecule has 0 saturated carbocycles. The maximum atomic E-state index is 11.8. The Morgan fingerprint density at radius 3 is 2.52 bits per heavy atom. The van der Waals surface area contributed by atoms with Crippen molar-refractivity contribution >= 4 is 24.0 Å². The number of nitrogens with zero attached hydrogens (tertiary/aromatic N) is 1. The molecular weight excluding hydrogens is 286 g/mol. The number of amides is 1. The molecule has 0 bridgehead atoms. The van der Waals surface area contributed by atoms with Crippen LogP contribution in [-0.4, -0.2) is 17.9 Å². The molecular formula is C16H20ClN3O. The molecule has 0 saturated heterocycles. The Morgan fingerprint density at radius 2 is 1.90 bits per heavy atom. The van der Waals surface area contributed by atoms with Crippen LogP contribution in [0, 0.1) is 0 Å². The number of aromatic nitrogens is 1. The Kier molecular flexibility index (Phi) is 7.43. The number of hydrogen-bond donors (Lipinski definition) is 2. The number of anilines is 1. The van der Waals surface area contributed by atoms with Gasteiger partial charge < -0.3 is 10.6 Å². The zero-order chi connectivity index (χ0) is 14.2. The second-order valence-corrected chi connectivity index (χ2v) is 4.60. The highest BCUT2D eigenvalue weighted by molar-refractivity contribution is 5.90. The van der Waals surface area contributed by atoms with Gasteiger partial charge in [0.25, 0.3) is 0 Å². The maximum Gasteiger partial charge on any atom is 0.224 e. The summed E-state index contributed by atoms with van der Waals surface area (Å²) in [6.07, 6.45) is 2.84. The topological polar surface area (TPSA) is 54.0 Å². The van der Waals surface area contributed by atoms with E-state index in [1.807, 2.05) is 49.5 Å². The molecule has 0 aliphatic rings. The molecule has 1 aromatic carbocycles. The average molecular weight is 306 g/mol. The summed E-state index contributed by atoms with van der Waals surface area (Å²) >= 11 is 0. The normalized spacial score (nSPS) is 9.76. The Morgan fingerprint density at radius 1 is 1.14 bits per heavy atom. The van der Waals surface area contributed by atoms with Crippen molar-refractivity contribution < 1.29 is 4.79 Å². The van der Waals surface area contributed by atoms with Crippen LogP contribution in [-0.2, 0) is 17.8 Å². The van der Waals surface area contributed by atoms with E-state index in [-0.39, 0.29) is 18.3 Å². The number of benzene rings is 1. The van der Waals surface area contributed by atoms with Crippen molar-refractivity contribution in [2.75, 3.05) is 12.4 Å². The third-order valence-electron chi connectivity index (χ3n) is 2.95. The third-order valence-corrected chi connectivity index (χ3v) is 2.95. The lowest BCUT2D eigenvalue weighted by Crippen LogP contribution is -2.12. The Bertz CT molecular complexity index is 543. The minimum atomic E-state index is 0. The summed E-state index contributed by atoms with van der Waals surface area (Å²) in [6.45, 7) is 0.827. The summed E-state index contributed by atoms with van der Waals surface area (Å²) in [4.78, 5) is 16.0. The van der Waals surface area contributed by atoms with Gasteiger partial charge in [-0.1, -0.05) is 18.2 Å². The highest BCUT2D eigenvalue weighted by Gasteiger charge is 2.03. The number of carbonyl (C=O) groups excluding carboxylic acids is 1. The molecule has 0 radical (unpaired) electrons. The second-order valence-electron chi connectivity index (χ2n) is 4.60. The smallest absolute Gasteiger partial charge is 0.224 e. The molecule has 2 aromatic rings. The number of halogens is 1. The first-order valence-corrected chi connectivity index (χ1v) is 6.71. The first-order valence-electron chi connectivity index (χ1n) is 6.71. The first-order chi connectivity index (χ1) is 9.78. The maximum absolute atomic E-state index is 11.8. The van der Waals surface area contributed by atoms with Crippen molar-refractivity contribution in [3.8, 4) is 0 Å². The van der Waals surface area contributed by atoms with Gasteiger partial charge in [-0.05, 0) is 43.3 Å². The standard InChI is InChI=1S/C16H19N3O.ClH/c1-17-12-13-5-7-15(8-6-13)19-16(20)10-9-14-4-2-3-11-18-14;/h2-8,11,17H,9-10,12H2,1H3,(H,19,20);1H. The van der Waals surface area contributed by atoms with E-state index in [9.17, 15) is 4.79 Å². The summed E-state index contributed by atoms with van der Waals surface area (Å²) in [5.41, 5.74) is 2.96. The molecule has 0 atom stereocenters. The molecule has 0 fully saturated rings. The molecule has 2 N–H and O–H groups in total. The molecule has 21 heavy (non-hydrogen) atoms. The van der Waals surface area contributed by atoms with Crippen LogP contribution in [0.15, 0.2) is 48.7 Å². The molecule has 0 aliphatic heterocycles. The van der Waals surface area contributed by atoms with Crippen LogP contribution in [0.25, 0.3) is 0 Å². The summed E-state index contributed by atoms with van der Waals surface area (Å²) in [5, 5.41) is 5.98. The van der Waals surface area contributed by atoms with E-state index in [4.69, 9.17) is 0 Å². The average Bonchev–Trinajstić information content (AvgIpc) is 2.49. The number of aryl methyl sites for hydroxylation is 1. The van der Waals surface area contributed by atoms with Gasteiger partial charge in [-0.15, -0.1) is 12.4 Å². The van der Waals surface area contributed by atoms with Crippen molar-refractivity contribution in [1.29, 1.82) is 0 Å². The lowest BCUT2D eigenvalue weighted by atomic mass is 10.2. The van der Waals surface area contributed by atoms with Gasteiger partial charge in [0.15, 0.2) is 0 Å². The number of nitrogens with one attached hydrogen (secondary N) is 2. The van der Waals surface area contributed by atoms with E-state index in [1.54, 1.807) is 6.20 Å². The fraction of sp³-hybridized carbons (Fsp3) is 0.250. The van der Waals surface area contributed by atoms with Gasteiger partial charge in [0.2, 0.25) is 5.91 Å². The SMILES string of the molecule is CNCc1ccc(NC(=O)CCc2ccccn2)cc1.Cl. The van der Waals surface area contributed by atoms with Gasteiger partial charge in [0, 0.05) is 30.5 Å². The number of pyridine rings is 1. The Balaban J connectivity index is 0.00000220. The summed E-state index contributed by atoms with van der Waals surface area (Å²) in [7, 11) is 1.91. The molecule has 0 spiro atoms. The van der Waals surface area contributed by atoms with E-state index in [0.717, 1.165) is 17.9 Å². The molecule has 1 heterocycles. The van der Waals surface area contributed by atoms with E-state index in [1.165, 1.54) is 5.56 Å². The van der Waals surface area contributed by atoms with Gasteiger partial charge in [-0.3, -0.25) is 9.78 Å². The second kappa shape index (κ2) is 9.10. The zero-order valence-corrected chi connectivity index (χ0v) is 12.8. The fourth-order valence-electron chi connectivity index (χ4n) is 1.92. The minimum Gasteiger partial charge on any atom is -0.326 e. The summed E-state index contributed by atoms with van der Waals surface area (Å²) in [6, 6.07) is 13.6. The number of rotatable bonds is 6. The van der Waals surface area contributed by atoms with Crippen molar-refractivity contribution in [3.05, 3.63) is 59.9 Å². The third kappa shape index (κ3) is 5.94. The highest BCUT2D eigenvalue weighted by atomic mass is 35.5. The van der Waals surface area contributed by atoms with Gasteiger partial charge in [-0.2, -0.15) is 0 Å². The predicted octanol–water partition coefficient (Wildman–Crippen LogP) is 2.79.